The number of aromatic nitrogens is 3. The van der Waals surface area contributed by atoms with Crippen LogP contribution in [0, 0.1) is 0 Å². The van der Waals surface area contributed by atoms with E-state index in [1.165, 1.54) is 18.5 Å². The standard InChI is InChI=1S/C21H16N4O4/c1-2-10-29-21(27)24-15-6-3-5-14(12-15)17-8-9-22-20-16(13-23-25(17)20)19(26)18-7-4-11-28-18/h2-9,11-13H,1,10H2,(H,24,27). The molecular formula is C21H16N4O4. The fourth-order valence-corrected chi connectivity index (χ4v) is 2.86. The third-order valence-electron chi connectivity index (χ3n) is 4.13. The summed E-state index contributed by atoms with van der Waals surface area (Å²) in [4.78, 5) is 28.7. The van der Waals surface area contributed by atoms with E-state index >= 15 is 0 Å². The van der Waals surface area contributed by atoms with Crippen LogP contribution < -0.4 is 5.32 Å². The van der Waals surface area contributed by atoms with Crippen LogP contribution in [0.1, 0.15) is 16.1 Å². The number of ether oxygens (including phenoxy) is 1. The van der Waals surface area contributed by atoms with E-state index in [0.717, 1.165) is 5.56 Å². The summed E-state index contributed by atoms with van der Waals surface area (Å²) in [5.41, 5.74) is 2.79. The number of carbonyl (C=O) groups excluding carboxylic acids is 2. The Balaban J connectivity index is 1.68. The van der Waals surface area contributed by atoms with E-state index in [9.17, 15) is 9.59 Å². The number of furan rings is 1. The Morgan fingerprint density at radius 1 is 1.24 bits per heavy atom. The first-order valence-corrected chi connectivity index (χ1v) is 8.73. The molecule has 0 unspecified atom stereocenters. The van der Waals surface area contributed by atoms with Gasteiger partial charge in [0.25, 0.3) is 0 Å². The van der Waals surface area contributed by atoms with Crippen LogP contribution in [0.25, 0.3) is 16.9 Å². The normalized spacial score (nSPS) is 10.6. The molecule has 8 nitrogen and oxygen atoms in total. The van der Waals surface area contributed by atoms with E-state index in [0.29, 0.717) is 22.6 Å². The molecule has 0 saturated carbocycles. The summed E-state index contributed by atoms with van der Waals surface area (Å²) in [5, 5.41) is 6.98. The number of hydrogen-bond donors (Lipinski definition) is 1. The minimum absolute atomic E-state index is 0.121. The molecular weight excluding hydrogens is 372 g/mol. The molecule has 0 aliphatic carbocycles. The van der Waals surface area contributed by atoms with Crippen molar-refractivity contribution in [2.24, 2.45) is 0 Å². The highest BCUT2D eigenvalue weighted by atomic mass is 16.5. The summed E-state index contributed by atoms with van der Waals surface area (Å²) in [7, 11) is 0. The van der Waals surface area contributed by atoms with Gasteiger partial charge in [0.15, 0.2) is 11.4 Å². The van der Waals surface area contributed by atoms with Crippen LogP contribution in [0.4, 0.5) is 10.5 Å². The summed E-state index contributed by atoms with van der Waals surface area (Å²) in [6, 6.07) is 12.2. The lowest BCUT2D eigenvalue weighted by molar-refractivity contribution is 0.101. The van der Waals surface area contributed by atoms with Crippen LogP contribution in [-0.4, -0.2) is 33.1 Å². The average molecular weight is 388 g/mol. The van der Waals surface area contributed by atoms with Crippen LogP contribution in [0.15, 0.2) is 78.2 Å². The quantitative estimate of drug-likeness (QED) is 0.397. The summed E-state index contributed by atoms with van der Waals surface area (Å²) < 4.78 is 11.7. The van der Waals surface area contributed by atoms with Crippen molar-refractivity contribution >= 4 is 23.2 Å². The average Bonchev–Trinajstić information content (AvgIpc) is 3.42. The summed E-state index contributed by atoms with van der Waals surface area (Å²) >= 11 is 0. The van der Waals surface area contributed by atoms with E-state index < -0.39 is 6.09 Å². The molecule has 0 radical (unpaired) electrons. The third-order valence-corrected chi connectivity index (χ3v) is 4.13. The SMILES string of the molecule is C=CCOC(=O)Nc1cccc(-c2ccnc3c(C(=O)c4ccco4)cnn23)c1. The molecule has 1 aromatic carbocycles. The second-order valence-electron chi connectivity index (χ2n) is 6.02. The number of benzene rings is 1. The summed E-state index contributed by atoms with van der Waals surface area (Å²) in [6.45, 7) is 3.62. The van der Waals surface area contributed by atoms with Crippen molar-refractivity contribution in [1.82, 2.24) is 14.6 Å². The van der Waals surface area contributed by atoms with Gasteiger partial charge in [-0.15, -0.1) is 0 Å². The van der Waals surface area contributed by atoms with Crippen LogP contribution >= 0.6 is 0 Å². The van der Waals surface area contributed by atoms with Crippen molar-refractivity contribution in [1.29, 1.82) is 0 Å². The zero-order valence-corrected chi connectivity index (χ0v) is 15.2. The van der Waals surface area contributed by atoms with Crippen molar-refractivity contribution in [3.63, 3.8) is 0 Å². The van der Waals surface area contributed by atoms with E-state index in [1.807, 2.05) is 6.07 Å². The van der Waals surface area contributed by atoms with Crippen LogP contribution in [0.2, 0.25) is 0 Å². The fourth-order valence-electron chi connectivity index (χ4n) is 2.86. The topological polar surface area (TPSA) is 98.7 Å². The highest BCUT2D eigenvalue weighted by molar-refractivity contribution is 6.10. The number of nitrogens with zero attached hydrogens (tertiary/aromatic N) is 3. The van der Waals surface area contributed by atoms with Gasteiger partial charge in [-0.1, -0.05) is 24.8 Å². The minimum atomic E-state index is -0.577. The Hall–Kier alpha value is -4.20. The predicted octanol–water partition coefficient (Wildman–Crippen LogP) is 3.95. The molecule has 0 atom stereocenters. The molecule has 0 bridgehead atoms. The van der Waals surface area contributed by atoms with Crippen molar-refractivity contribution < 1.29 is 18.7 Å². The molecule has 0 aliphatic heterocycles. The molecule has 3 aromatic heterocycles. The Morgan fingerprint density at radius 2 is 2.14 bits per heavy atom. The molecule has 4 rings (SSSR count). The summed E-state index contributed by atoms with van der Waals surface area (Å²) in [6.07, 6.45) is 5.42. The first-order chi connectivity index (χ1) is 14.2. The molecule has 3 heterocycles. The van der Waals surface area contributed by atoms with Gasteiger partial charge >= 0.3 is 6.09 Å². The molecule has 1 N–H and O–H groups in total. The highest BCUT2D eigenvalue weighted by Gasteiger charge is 2.19. The molecule has 1 amide bonds. The fraction of sp³-hybridized carbons (Fsp3) is 0.0476. The molecule has 8 heteroatoms. The molecule has 0 aliphatic rings. The molecule has 4 aromatic rings. The van der Waals surface area contributed by atoms with Gasteiger partial charge in [0.1, 0.15) is 6.61 Å². The zero-order valence-electron chi connectivity index (χ0n) is 15.2. The lowest BCUT2D eigenvalue weighted by Crippen LogP contribution is -2.13. The van der Waals surface area contributed by atoms with E-state index in [4.69, 9.17) is 9.15 Å². The first-order valence-electron chi connectivity index (χ1n) is 8.73. The van der Waals surface area contributed by atoms with E-state index in [2.05, 4.69) is 22.0 Å². The van der Waals surface area contributed by atoms with Crippen LogP contribution in [0.3, 0.4) is 0 Å². The van der Waals surface area contributed by atoms with Gasteiger partial charge in [-0.2, -0.15) is 5.10 Å². The van der Waals surface area contributed by atoms with E-state index in [1.54, 1.807) is 47.1 Å². The maximum Gasteiger partial charge on any atom is 0.411 e. The zero-order chi connectivity index (χ0) is 20.2. The lowest BCUT2D eigenvalue weighted by atomic mass is 10.1. The Labute approximate surface area is 165 Å². The Kier molecular flexibility index (Phi) is 4.90. The Bertz CT molecular complexity index is 1190. The number of anilines is 1. The summed E-state index contributed by atoms with van der Waals surface area (Å²) in [5.74, 6) is -0.0774. The third kappa shape index (κ3) is 3.63. The first kappa shape index (κ1) is 18.2. The number of hydrogen-bond acceptors (Lipinski definition) is 6. The lowest BCUT2D eigenvalue weighted by Gasteiger charge is -2.09. The molecule has 0 spiro atoms. The van der Waals surface area contributed by atoms with Gasteiger partial charge in [-0.05, 0) is 30.3 Å². The van der Waals surface area contributed by atoms with Crippen molar-refractivity contribution in [3.8, 4) is 11.3 Å². The number of ketones is 1. The van der Waals surface area contributed by atoms with Crippen molar-refractivity contribution in [3.05, 3.63) is 85.1 Å². The van der Waals surface area contributed by atoms with Gasteiger partial charge < -0.3 is 9.15 Å². The van der Waals surface area contributed by atoms with Gasteiger partial charge in [0.2, 0.25) is 5.78 Å². The number of fused-ring (bicyclic) bond motifs is 1. The number of rotatable bonds is 6. The smallest absolute Gasteiger partial charge is 0.411 e. The molecule has 29 heavy (non-hydrogen) atoms. The molecule has 0 saturated heterocycles. The van der Waals surface area contributed by atoms with Crippen molar-refractivity contribution in [2.75, 3.05) is 11.9 Å². The van der Waals surface area contributed by atoms with E-state index in [-0.39, 0.29) is 18.2 Å². The second kappa shape index (κ2) is 7.81. The van der Waals surface area contributed by atoms with Gasteiger partial charge in [-0.3, -0.25) is 10.1 Å². The van der Waals surface area contributed by atoms with Gasteiger partial charge in [0.05, 0.1) is 23.7 Å². The maximum atomic E-state index is 12.6. The van der Waals surface area contributed by atoms with Gasteiger partial charge in [-0.25, -0.2) is 14.3 Å². The minimum Gasteiger partial charge on any atom is -0.461 e. The number of carbonyl (C=O) groups is 2. The number of nitrogens with one attached hydrogen (secondary N) is 1. The predicted molar refractivity (Wildman–Crippen MR) is 106 cm³/mol. The highest BCUT2D eigenvalue weighted by Crippen LogP contribution is 2.25. The monoisotopic (exact) mass is 388 g/mol. The van der Waals surface area contributed by atoms with Crippen molar-refractivity contribution in [2.45, 2.75) is 0 Å². The molecule has 144 valence electrons. The van der Waals surface area contributed by atoms with Crippen LogP contribution in [-0.2, 0) is 4.74 Å². The molecule has 0 fully saturated rings. The second-order valence-corrected chi connectivity index (χ2v) is 6.02. The van der Waals surface area contributed by atoms with Gasteiger partial charge in [0, 0.05) is 17.4 Å². The Morgan fingerprint density at radius 3 is 2.93 bits per heavy atom. The number of amides is 1. The van der Waals surface area contributed by atoms with Crippen LogP contribution in [0.5, 0.6) is 0 Å². The largest absolute Gasteiger partial charge is 0.461 e. The maximum absolute atomic E-state index is 12.6.